The van der Waals surface area contributed by atoms with Crippen molar-refractivity contribution >= 4 is 17.3 Å². The standard InChI is InChI=1S/C26H24ClNO/c1-17-10-15-23(27)24-21-8-5-9-22(21)26(28-25(17)24)19-11-13-20(14-12-19)29-16-18-6-3-2-4-7-18/h2-8,10-15,21-22,26,28H,9,16H2,1H3. The first kappa shape index (κ1) is 18.3. The molecular formula is C26H24ClNO. The average Bonchev–Trinajstić information content (AvgIpc) is 3.25. The number of hydrogen-bond donors (Lipinski definition) is 1. The van der Waals surface area contributed by atoms with Gasteiger partial charge in [-0.25, -0.2) is 0 Å². The summed E-state index contributed by atoms with van der Waals surface area (Å²) in [6, 6.07) is 23.2. The van der Waals surface area contributed by atoms with E-state index in [0.29, 0.717) is 18.4 Å². The van der Waals surface area contributed by atoms with Gasteiger partial charge in [-0.1, -0.05) is 72.3 Å². The first-order chi connectivity index (χ1) is 14.2. The zero-order chi connectivity index (χ0) is 19.8. The molecule has 0 fully saturated rings. The van der Waals surface area contributed by atoms with Crippen LogP contribution in [0, 0.1) is 12.8 Å². The molecule has 3 heteroatoms. The molecule has 0 saturated heterocycles. The molecule has 3 atom stereocenters. The van der Waals surface area contributed by atoms with Crippen molar-refractivity contribution in [3.63, 3.8) is 0 Å². The van der Waals surface area contributed by atoms with Crippen LogP contribution in [0.25, 0.3) is 0 Å². The van der Waals surface area contributed by atoms with E-state index < -0.39 is 0 Å². The van der Waals surface area contributed by atoms with Crippen molar-refractivity contribution in [3.8, 4) is 5.75 Å². The van der Waals surface area contributed by atoms with E-state index in [4.69, 9.17) is 16.3 Å². The van der Waals surface area contributed by atoms with E-state index in [9.17, 15) is 0 Å². The number of nitrogens with one attached hydrogen (secondary N) is 1. The second kappa shape index (κ2) is 7.61. The highest BCUT2D eigenvalue weighted by Crippen LogP contribution is 2.52. The number of allylic oxidation sites excluding steroid dienone is 2. The van der Waals surface area contributed by atoms with Crippen LogP contribution < -0.4 is 10.1 Å². The van der Waals surface area contributed by atoms with Gasteiger partial charge in [0.2, 0.25) is 0 Å². The smallest absolute Gasteiger partial charge is 0.119 e. The molecule has 1 aliphatic heterocycles. The van der Waals surface area contributed by atoms with Gasteiger partial charge < -0.3 is 10.1 Å². The fourth-order valence-electron chi connectivity index (χ4n) is 4.65. The second-order valence-electron chi connectivity index (χ2n) is 7.97. The van der Waals surface area contributed by atoms with Gasteiger partial charge in [0.05, 0.1) is 6.04 Å². The van der Waals surface area contributed by atoms with Crippen molar-refractivity contribution in [2.45, 2.75) is 31.9 Å². The van der Waals surface area contributed by atoms with Crippen molar-refractivity contribution in [1.29, 1.82) is 0 Å². The largest absolute Gasteiger partial charge is 0.489 e. The SMILES string of the molecule is Cc1ccc(Cl)c2c1NC(c1ccc(OCc3ccccc3)cc1)C1CC=CC21. The lowest BCUT2D eigenvalue weighted by atomic mass is 9.76. The molecule has 29 heavy (non-hydrogen) atoms. The molecule has 3 aromatic rings. The molecule has 0 spiro atoms. The molecule has 3 unspecified atom stereocenters. The molecule has 2 aliphatic rings. The summed E-state index contributed by atoms with van der Waals surface area (Å²) in [4.78, 5) is 0. The fourth-order valence-corrected chi connectivity index (χ4v) is 4.93. The predicted octanol–water partition coefficient (Wildman–Crippen LogP) is 7.05. The molecule has 5 rings (SSSR count). The van der Waals surface area contributed by atoms with Crippen LogP contribution >= 0.6 is 11.6 Å². The minimum atomic E-state index is 0.267. The average molecular weight is 402 g/mol. The second-order valence-corrected chi connectivity index (χ2v) is 8.38. The molecule has 0 bridgehead atoms. The Hall–Kier alpha value is -2.71. The maximum Gasteiger partial charge on any atom is 0.119 e. The first-order valence-electron chi connectivity index (χ1n) is 10.2. The Morgan fingerprint density at radius 1 is 1.00 bits per heavy atom. The van der Waals surface area contributed by atoms with Crippen LogP contribution in [0.15, 0.2) is 78.9 Å². The molecule has 146 valence electrons. The molecule has 1 heterocycles. The summed E-state index contributed by atoms with van der Waals surface area (Å²) in [5, 5.41) is 4.67. The van der Waals surface area contributed by atoms with Gasteiger partial charge in [-0.2, -0.15) is 0 Å². The lowest BCUT2D eigenvalue weighted by Crippen LogP contribution is -2.29. The summed E-state index contributed by atoms with van der Waals surface area (Å²) < 4.78 is 5.96. The number of fused-ring (bicyclic) bond motifs is 3. The van der Waals surface area contributed by atoms with E-state index in [-0.39, 0.29) is 6.04 Å². The van der Waals surface area contributed by atoms with Crippen molar-refractivity contribution in [2.24, 2.45) is 5.92 Å². The van der Waals surface area contributed by atoms with Crippen LogP contribution in [-0.4, -0.2) is 0 Å². The summed E-state index contributed by atoms with van der Waals surface area (Å²) in [6.45, 7) is 2.74. The van der Waals surface area contributed by atoms with E-state index in [2.05, 4.69) is 66.9 Å². The minimum Gasteiger partial charge on any atom is -0.489 e. The van der Waals surface area contributed by atoms with Crippen molar-refractivity contribution in [3.05, 3.63) is 106 Å². The van der Waals surface area contributed by atoms with Crippen LogP contribution in [-0.2, 0) is 6.61 Å². The molecule has 0 amide bonds. The van der Waals surface area contributed by atoms with Crippen LogP contribution in [0.3, 0.4) is 0 Å². The van der Waals surface area contributed by atoms with Gasteiger partial charge in [0.1, 0.15) is 12.4 Å². The van der Waals surface area contributed by atoms with E-state index in [0.717, 1.165) is 17.2 Å². The van der Waals surface area contributed by atoms with Gasteiger partial charge >= 0.3 is 0 Å². The zero-order valence-corrected chi connectivity index (χ0v) is 17.2. The van der Waals surface area contributed by atoms with E-state index in [1.807, 2.05) is 24.3 Å². The number of benzene rings is 3. The Balaban J connectivity index is 1.39. The Morgan fingerprint density at radius 3 is 2.59 bits per heavy atom. The van der Waals surface area contributed by atoms with Gasteiger partial charge in [0, 0.05) is 22.2 Å². The van der Waals surface area contributed by atoms with Crippen LogP contribution in [0.4, 0.5) is 5.69 Å². The number of ether oxygens (including phenoxy) is 1. The van der Waals surface area contributed by atoms with Gasteiger partial charge in [0.15, 0.2) is 0 Å². The summed E-state index contributed by atoms with van der Waals surface area (Å²) >= 11 is 6.59. The van der Waals surface area contributed by atoms with Crippen molar-refractivity contribution in [2.75, 3.05) is 5.32 Å². The first-order valence-corrected chi connectivity index (χ1v) is 10.6. The van der Waals surface area contributed by atoms with Gasteiger partial charge in [-0.05, 0) is 54.2 Å². The molecular weight excluding hydrogens is 378 g/mol. The normalized spacial score (nSPS) is 21.9. The zero-order valence-electron chi connectivity index (χ0n) is 16.4. The summed E-state index contributed by atoms with van der Waals surface area (Å²) in [5.41, 5.74) is 6.16. The lowest BCUT2D eigenvalue weighted by Gasteiger charge is -2.38. The Labute approximate surface area is 177 Å². The lowest BCUT2D eigenvalue weighted by molar-refractivity contribution is 0.306. The van der Waals surface area contributed by atoms with Gasteiger partial charge in [-0.3, -0.25) is 0 Å². The monoisotopic (exact) mass is 401 g/mol. The fraction of sp³-hybridized carbons (Fsp3) is 0.231. The Kier molecular flexibility index (Phi) is 4.81. The van der Waals surface area contributed by atoms with Crippen molar-refractivity contribution in [1.82, 2.24) is 0 Å². The number of halogens is 1. The summed E-state index contributed by atoms with van der Waals surface area (Å²) in [7, 11) is 0. The van der Waals surface area contributed by atoms with Crippen LogP contribution in [0.2, 0.25) is 5.02 Å². The third kappa shape index (κ3) is 3.42. The maximum atomic E-state index is 6.59. The number of rotatable bonds is 4. The Morgan fingerprint density at radius 2 is 1.79 bits per heavy atom. The molecule has 3 aromatic carbocycles. The molecule has 1 N–H and O–H groups in total. The Bertz CT molecular complexity index is 1040. The molecule has 0 saturated carbocycles. The van der Waals surface area contributed by atoms with E-state index >= 15 is 0 Å². The minimum absolute atomic E-state index is 0.267. The molecule has 2 nitrogen and oxygen atoms in total. The predicted molar refractivity (Wildman–Crippen MR) is 120 cm³/mol. The highest BCUT2D eigenvalue weighted by atomic mass is 35.5. The van der Waals surface area contributed by atoms with Crippen LogP contribution in [0.1, 0.15) is 40.6 Å². The summed E-state index contributed by atoms with van der Waals surface area (Å²) in [6.07, 6.45) is 5.70. The third-order valence-electron chi connectivity index (χ3n) is 6.16. The molecule has 0 aromatic heterocycles. The summed E-state index contributed by atoms with van der Waals surface area (Å²) in [5.74, 6) is 1.75. The van der Waals surface area contributed by atoms with E-state index in [1.54, 1.807) is 0 Å². The van der Waals surface area contributed by atoms with Crippen molar-refractivity contribution < 1.29 is 4.74 Å². The maximum absolute atomic E-state index is 6.59. The van der Waals surface area contributed by atoms with E-state index in [1.165, 1.54) is 27.9 Å². The van der Waals surface area contributed by atoms with Gasteiger partial charge in [0.25, 0.3) is 0 Å². The highest BCUT2D eigenvalue weighted by Gasteiger charge is 2.39. The van der Waals surface area contributed by atoms with Crippen LogP contribution in [0.5, 0.6) is 5.75 Å². The molecule has 0 radical (unpaired) electrons. The number of hydrogen-bond acceptors (Lipinski definition) is 2. The quantitative estimate of drug-likeness (QED) is 0.472. The third-order valence-corrected chi connectivity index (χ3v) is 6.49. The highest BCUT2D eigenvalue weighted by molar-refractivity contribution is 6.32. The number of anilines is 1. The topological polar surface area (TPSA) is 21.3 Å². The molecule has 1 aliphatic carbocycles. The number of aryl methyl sites for hydroxylation is 1. The van der Waals surface area contributed by atoms with Gasteiger partial charge in [-0.15, -0.1) is 0 Å².